The molecule has 4 aromatic rings. The first kappa shape index (κ1) is 23.7. The number of ether oxygens (including phenoxy) is 1. The zero-order valence-electron chi connectivity index (χ0n) is 18.8. The smallest absolute Gasteiger partial charge is 0.304 e. The Labute approximate surface area is 201 Å². The minimum absolute atomic E-state index is 0.0714. The molecule has 0 aliphatic carbocycles. The zero-order chi connectivity index (χ0) is 23.9. The molecule has 0 amide bonds. The van der Waals surface area contributed by atoms with Crippen LogP contribution in [0.2, 0.25) is 0 Å². The van der Waals surface area contributed by atoms with Crippen LogP contribution >= 0.6 is 11.3 Å². The number of aromatic nitrogens is 2. The van der Waals surface area contributed by atoms with Crippen LogP contribution in [-0.2, 0) is 17.8 Å². The van der Waals surface area contributed by atoms with E-state index in [4.69, 9.17) is 19.4 Å². The molecule has 4 rings (SSSR count). The highest BCUT2D eigenvalue weighted by molar-refractivity contribution is 7.15. The van der Waals surface area contributed by atoms with Crippen molar-refractivity contribution < 1.29 is 24.3 Å². The van der Waals surface area contributed by atoms with Crippen molar-refractivity contribution in [2.24, 2.45) is 0 Å². The number of rotatable bonds is 11. The average molecular weight is 479 g/mol. The largest absolute Gasteiger partial charge is 0.488 e. The number of aliphatic hydroxyl groups is 1. The Bertz CT molecular complexity index is 1200. The lowest BCUT2D eigenvalue weighted by atomic mass is 9.92. The van der Waals surface area contributed by atoms with Gasteiger partial charge >= 0.3 is 5.97 Å². The number of carboxylic acid groups (broad SMARTS) is 1. The number of aryl methyl sites for hydroxylation is 2. The van der Waals surface area contributed by atoms with Crippen molar-refractivity contribution in [3.05, 3.63) is 88.3 Å². The summed E-state index contributed by atoms with van der Waals surface area (Å²) >= 11 is 1.61. The molecule has 8 heteroatoms. The van der Waals surface area contributed by atoms with Crippen LogP contribution in [0.4, 0.5) is 0 Å². The van der Waals surface area contributed by atoms with E-state index in [1.54, 1.807) is 17.4 Å². The maximum absolute atomic E-state index is 11.3. The van der Waals surface area contributed by atoms with E-state index in [2.05, 4.69) is 29.4 Å². The summed E-state index contributed by atoms with van der Waals surface area (Å²) in [6, 6.07) is 17.4. The van der Waals surface area contributed by atoms with Gasteiger partial charge in [-0.05, 0) is 43.0 Å². The van der Waals surface area contributed by atoms with E-state index in [1.165, 1.54) is 11.8 Å². The number of carbonyl (C=O) groups is 1. The van der Waals surface area contributed by atoms with Crippen LogP contribution in [-0.4, -0.2) is 32.9 Å². The maximum atomic E-state index is 11.3. The molecule has 0 fully saturated rings. The molecule has 2 N–H and O–H groups in total. The number of carboxylic acids is 1. The highest BCUT2D eigenvalue weighted by Crippen LogP contribution is 2.31. The highest BCUT2D eigenvalue weighted by Gasteiger charge is 2.20. The Balaban J connectivity index is 1.41. The molecule has 0 aliphatic rings. The predicted molar refractivity (Wildman–Crippen MR) is 129 cm³/mol. The van der Waals surface area contributed by atoms with Crippen molar-refractivity contribution in [2.75, 3.05) is 6.61 Å². The maximum Gasteiger partial charge on any atom is 0.304 e. The number of thiazole rings is 1. The van der Waals surface area contributed by atoms with Gasteiger partial charge in [0.25, 0.3) is 0 Å². The van der Waals surface area contributed by atoms with E-state index in [-0.39, 0.29) is 18.9 Å². The predicted octanol–water partition coefficient (Wildman–Crippen LogP) is 5.22. The molecule has 0 spiro atoms. The van der Waals surface area contributed by atoms with Gasteiger partial charge in [0.2, 0.25) is 0 Å². The minimum Gasteiger partial charge on any atom is -0.488 e. The van der Waals surface area contributed by atoms with Gasteiger partial charge < -0.3 is 19.5 Å². The molecule has 0 bridgehead atoms. The summed E-state index contributed by atoms with van der Waals surface area (Å²) in [6.45, 7) is 2.58. The number of benzene rings is 2. The topological polar surface area (TPSA) is 106 Å². The third kappa shape index (κ3) is 5.89. The SMILES string of the molecule is Cc1nc(-c2ccc(CCCO)cc2)sc1COc1ccc(C(CC(=O)O)c2ccon2)cc1. The summed E-state index contributed by atoms with van der Waals surface area (Å²) in [6.07, 6.45) is 3.00. The van der Waals surface area contributed by atoms with Crippen molar-refractivity contribution in [3.63, 3.8) is 0 Å². The molecule has 0 saturated heterocycles. The Morgan fingerprint density at radius 2 is 1.88 bits per heavy atom. The third-order valence-corrected chi connectivity index (χ3v) is 6.74. The Hall–Kier alpha value is -3.49. The van der Waals surface area contributed by atoms with Gasteiger partial charge in [-0.3, -0.25) is 4.79 Å². The summed E-state index contributed by atoms with van der Waals surface area (Å²) in [4.78, 5) is 17.1. The van der Waals surface area contributed by atoms with Crippen LogP contribution in [0.3, 0.4) is 0 Å². The molecule has 34 heavy (non-hydrogen) atoms. The number of aliphatic carboxylic acids is 1. The summed E-state index contributed by atoms with van der Waals surface area (Å²) < 4.78 is 10.9. The molecule has 0 saturated carbocycles. The molecule has 2 heterocycles. The molecule has 2 aromatic heterocycles. The van der Waals surface area contributed by atoms with E-state index in [9.17, 15) is 9.90 Å². The molecule has 7 nitrogen and oxygen atoms in total. The van der Waals surface area contributed by atoms with Crippen LogP contribution in [0.15, 0.2) is 65.4 Å². The van der Waals surface area contributed by atoms with E-state index < -0.39 is 5.97 Å². The quantitative estimate of drug-likeness (QED) is 0.304. The number of aliphatic hydroxyl groups excluding tert-OH is 1. The van der Waals surface area contributed by atoms with Crippen LogP contribution in [0.5, 0.6) is 5.75 Å². The van der Waals surface area contributed by atoms with Crippen LogP contribution in [0.25, 0.3) is 10.6 Å². The number of nitrogens with zero attached hydrogens (tertiary/aromatic N) is 2. The first-order chi connectivity index (χ1) is 16.5. The molecule has 176 valence electrons. The normalized spacial score (nSPS) is 11.9. The van der Waals surface area contributed by atoms with Crippen molar-refractivity contribution >= 4 is 17.3 Å². The first-order valence-electron chi connectivity index (χ1n) is 11.0. The standard InChI is InChI=1S/C26H26N2O5S/c1-17-24(34-26(27-17)20-6-4-18(5-7-20)3-2-13-29)16-32-21-10-8-19(9-11-21)22(15-25(30)31)23-12-14-33-28-23/h4-12,14,22,29H,2-3,13,15-16H2,1H3,(H,30,31). The van der Waals surface area contributed by atoms with E-state index >= 15 is 0 Å². The third-order valence-electron chi connectivity index (χ3n) is 5.56. The van der Waals surface area contributed by atoms with E-state index in [0.29, 0.717) is 18.1 Å². The Morgan fingerprint density at radius 3 is 2.53 bits per heavy atom. The van der Waals surface area contributed by atoms with E-state index in [1.807, 2.05) is 31.2 Å². The number of hydrogen-bond donors (Lipinski definition) is 2. The number of hydrogen-bond acceptors (Lipinski definition) is 7. The van der Waals surface area contributed by atoms with Crippen molar-refractivity contribution in [3.8, 4) is 16.3 Å². The highest BCUT2D eigenvalue weighted by atomic mass is 32.1. The monoisotopic (exact) mass is 478 g/mol. The lowest BCUT2D eigenvalue weighted by Gasteiger charge is -2.13. The molecule has 1 atom stereocenters. The molecule has 0 radical (unpaired) electrons. The Morgan fingerprint density at radius 1 is 1.12 bits per heavy atom. The molecular weight excluding hydrogens is 452 g/mol. The average Bonchev–Trinajstić information content (AvgIpc) is 3.51. The Kier molecular flexibility index (Phi) is 7.72. The van der Waals surface area contributed by atoms with E-state index in [0.717, 1.165) is 39.5 Å². The fourth-order valence-electron chi connectivity index (χ4n) is 3.70. The fourth-order valence-corrected chi connectivity index (χ4v) is 4.68. The lowest BCUT2D eigenvalue weighted by Crippen LogP contribution is -2.08. The van der Waals surface area contributed by atoms with Crippen molar-refractivity contribution in [1.82, 2.24) is 10.1 Å². The van der Waals surface area contributed by atoms with Gasteiger partial charge in [0.15, 0.2) is 0 Å². The van der Waals surface area contributed by atoms with Crippen LogP contribution < -0.4 is 4.74 Å². The fraction of sp³-hybridized carbons (Fsp3) is 0.269. The van der Waals surface area contributed by atoms with Gasteiger partial charge in [-0.15, -0.1) is 11.3 Å². The summed E-state index contributed by atoms with van der Waals surface area (Å²) in [7, 11) is 0. The minimum atomic E-state index is -0.899. The summed E-state index contributed by atoms with van der Waals surface area (Å²) in [5, 5.41) is 23.1. The van der Waals surface area contributed by atoms with Crippen molar-refractivity contribution in [2.45, 2.75) is 38.7 Å². The van der Waals surface area contributed by atoms with Gasteiger partial charge in [0.1, 0.15) is 23.6 Å². The molecule has 2 aromatic carbocycles. The van der Waals surface area contributed by atoms with Crippen LogP contribution in [0, 0.1) is 6.92 Å². The molecule has 0 aliphatic heterocycles. The molecule has 1 unspecified atom stereocenters. The van der Waals surface area contributed by atoms with Crippen LogP contribution in [0.1, 0.15) is 46.2 Å². The lowest BCUT2D eigenvalue weighted by molar-refractivity contribution is -0.137. The summed E-state index contributed by atoms with van der Waals surface area (Å²) in [5.74, 6) is -0.586. The second-order valence-corrected chi connectivity index (χ2v) is 9.07. The second kappa shape index (κ2) is 11.1. The second-order valence-electron chi connectivity index (χ2n) is 7.98. The van der Waals surface area contributed by atoms with Crippen molar-refractivity contribution in [1.29, 1.82) is 0 Å². The van der Waals surface area contributed by atoms with Gasteiger partial charge in [0.05, 0.1) is 22.7 Å². The molecular formula is C26H26N2O5S. The van der Waals surface area contributed by atoms with Gasteiger partial charge in [-0.2, -0.15) is 0 Å². The van der Waals surface area contributed by atoms with Gasteiger partial charge in [-0.1, -0.05) is 41.6 Å². The first-order valence-corrected chi connectivity index (χ1v) is 11.9. The summed E-state index contributed by atoms with van der Waals surface area (Å²) in [5.41, 5.74) is 4.63. The zero-order valence-corrected chi connectivity index (χ0v) is 19.6. The van der Waals surface area contributed by atoms with Gasteiger partial charge in [0, 0.05) is 24.2 Å². The van der Waals surface area contributed by atoms with Gasteiger partial charge in [-0.25, -0.2) is 4.98 Å².